The Balaban J connectivity index is 1.86. The van der Waals surface area contributed by atoms with Crippen molar-refractivity contribution in [1.29, 1.82) is 0 Å². The van der Waals surface area contributed by atoms with Gasteiger partial charge in [-0.1, -0.05) is 29.8 Å². The number of hydrogen-bond acceptors (Lipinski definition) is 3. The van der Waals surface area contributed by atoms with E-state index in [0.29, 0.717) is 10.4 Å². The number of hydrogen-bond donors (Lipinski definition) is 1. The van der Waals surface area contributed by atoms with Crippen LogP contribution in [0.5, 0.6) is 0 Å². The van der Waals surface area contributed by atoms with E-state index in [1.807, 2.05) is 18.2 Å². The number of anilines is 1. The second-order valence-corrected chi connectivity index (χ2v) is 10.6. The predicted molar refractivity (Wildman–Crippen MR) is 123 cm³/mol. The summed E-state index contributed by atoms with van der Waals surface area (Å²) in [5.74, 6) is -0.630. The van der Waals surface area contributed by atoms with E-state index in [1.165, 1.54) is 18.1 Å². The van der Waals surface area contributed by atoms with Gasteiger partial charge in [-0.15, -0.1) is 0 Å². The minimum Gasteiger partial charge on any atom is -0.348 e. The third-order valence-corrected chi connectivity index (χ3v) is 7.40. The van der Waals surface area contributed by atoms with Crippen molar-refractivity contribution >= 4 is 33.2 Å². The lowest BCUT2D eigenvalue weighted by Gasteiger charge is -2.30. The highest BCUT2D eigenvalue weighted by Gasteiger charge is 2.36. The lowest BCUT2D eigenvalue weighted by Crippen LogP contribution is -2.48. The number of carbonyl (C=O) groups excluding carboxylic acids is 1. The number of nitrogens with zero attached hydrogens (tertiary/aromatic N) is 1. The van der Waals surface area contributed by atoms with E-state index in [2.05, 4.69) is 5.32 Å². The smallest absolute Gasteiger partial charge is 0.348 e. The largest absolute Gasteiger partial charge is 0.417 e. The van der Waals surface area contributed by atoms with Gasteiger partial charge in [0.1, 0.15) is 6.04 Å². The highest BCUT2D eigenvalue weighted by Crippen LogP contribution is 2.38. The van der Waals surface area contributed by atoms with E-state index < -0.39 is 44.8 Å². The Bertz CT molecular complexity index is 1150. The van der Waals surface area contributed by atoms with Crippen LogP contribution in [0.25, 0.3) is 0 Å². The van der Waals surface area contributed by atoms with Crippen molar-refractivity contribution in [3.05, 3.63) is 63.7 Å². The zero-order valence-corrected chi connectivity index (χ0v) is 20.1. The minimum atomic E-state index is -4.78. The van der Waals surface area contributed by atoms with Gasteiger partial charge < -0.3 is 5.32 Å². The van der Waals surface area contributed by atoms with Crippen molar-refractivity contribution in [1.82, 2.24) is 5.32 Å². The Morgan fingerprint density at radius 2 is 1.70 bits per heavy atom. The number of sulfonamides is 1. The highest BCUT2D eigenvalue weighted by molar-refractivity contribution is 7.92. The van der Waals surface area contributed by atoms with Crippen LogP contribution in [-0.4, -0.2) is 26.6 Å². The summed E-state index contributed by atoms with van der Waals surface area (Å²) in [5.41, 5.74) is 1.95. The number of alkyl halides is 3. The molecule has 0 unspecified atom stereocenters. The van der Waals surface area contributed by atoms with E-state index in [4.69, 9.17) is 11.6 Å². The molecule has 0 bridgehead atoms. The lowest BCUT2D eigenvalue weighted by molar-refractivity contribution is -0.137. The zero-order chi connectivity index (χ0) is 24.6. The fraction of sp³-hybridized carbons (Fsp3) is 0.435. The topological polar surface area (TPSA) is 66.5 Å². The highest BCUT2D eigenvalue weighted by atomic mass is 35.5. The van der Waals surface area contributed by atoms with Crippen LogP contribution in [0.4, 0.5) is 18.9 Å². The number of nitrogens with one attached hydrogen (secondary N) is 1. The molecule has 2 aromatic rings. The number of aryl methyl sites for hydroxylation is 2. The fourth-order valence-corrected chi connectivity index (χ4v) is 5.51. The predicted octanol–water partition coefficient (Wildman–Crippen LogP) is 5.27. The van der Waals surface area contributed by atoms with Gasteiger partial charge in [0.15, 0.2) is 0 Å². The van der Waals surface area contributed by atoms with Gasteiger partial charge >= 0.3 is 6.18 Å². The molecule has 2 atom stereocenters. The molecule has 1 amide bonds. The first-order valence-electron chi connectivity index (χ1n) is 10.6. The molecule has 3 rings (SSSR count). The summed E-state index contributed by atoms with van der Waals surface area (Å²) in [6.07, 6.45) is 0.322. The quantitative estimate of drug-likeness (QED) is 0.585. The van der Waals surface area contributed by atoms with Gasteiger partial charge in [0.2, 0.25) is 15.9 Å². The van der Waals surface area contributed by atoms with E-state index >= 15 is 0 Å². The van der Waals surface area contributed by atoms with Crippen LogP contribution < -0.4 is 9.62 Å². The Hall–Kier alpha value is -2.26. The van der Waals surface area contributed by atoms with E-state index in [9.17, 15) is 26.4 Å². The third kappa shape index (κ3) is 5.81. The normalized spacial score (nSPS) is 16.0. The van der Waals surface area contributed by atoms with Gasteiger partial charge in [-0.25, -0.2) is 8.42 Å². The average molecular weight is 503 g/mol. The fourth-order valence-electron chi connectivity index (χ4n) is 4.12. The Kier molecular flexibility index (Phi) is 7.33. The van der Waals surface area contributed by atoms with Crippen LogP contribution >= 0.6 is 11.6 Å². The first-order chi connectivity index (χ1) is 15.3. The van der Waals surface area contributed by atoms with Crippen molar-refractivity contribution < 1.29 is 26.4 Å². The Labute approximate surface area is 197 Å². The number of benzene rings is 2. The van der Waals surface area contributed by atoms with E-state index in [0.717, 1.165) is 49.6 Å². The molecule has 1 aliphatic rings. The number of carbonyl (C=O) groups is 1. The molecular weight excluding hydrogens is 477 g/mol. The molecule has 0 heterocycles. The molecule has 0 fully saturated rings. The monoisotopic (exact) mass is 502 g/mol. The number of rotatable bonds is 6. The first-order valence-corrected chi connectivity index (χ1v) is 12.8. The molecule has 10 heteroatoms. The van der Waals surface area contributed by atoms with Crippen LogP contribution in [0, 0.1) is 0 Å². The van der Waals surface area contributed by atoms with Crippen LogP contribution in [-0.2, 0) is 33.8 Å². The van der Waals surface area contributed by atoms with Crippen LogP contribution in [0.3, 0.4) is 0 Å². The van der Waals surface area contributed by atoms with Crippen molar-refractivity contribution in [2.24, 2.45) is 0 Å². The van der Waals surface area contributed by atoms with Crippen molar-refractivity contribution in [3.8, 4) is 0 Å². The van der Waals surface area contributed by atoms with Gasteiger partial charge in [-0.2, -0.15) is 13.2 Å². The van der Waals surface area contributed by atoms with Gasteiger partial charge in [-0.05, 0) is 74.4 Å². The summed E-state index contributed by atoms with van der Waals surface area (Å²) in [6.45, 7) is 3.11. The molecule has 1 N–H and O–H groups in total. The molecule has 180 valence electrons. The average Bonchev–Trinajstić information content (AvgIpc) is 2.72. The van der Waals surface area contributed by atoms with Crippen LogP contribution in [0.2, 0.25) is 5.02 Å². The molecule has 0 spiro atoms. The molecule has 2 aromatic carbocycles. The minimum absolute atomic E-state index is 0.293. The third-order valence-electron chi connectivity index (χ3n) is 5.83. The SMILES string of the molecule is C[C@@H](NC(=O)[C@H](C)N(c1ccc(Cl)c(C(F)(F)F)c1)S(C)(=O)=O)c1ccc2c(c1)CCCC2. The van der Waals surface area contributed by atoms with Crippen LogP contribution in [0.15, 0.2) is 36.4 Å². The number of amides is 1. The number of halogens is 4. The molecule has 0 saturated carbocycles. The number of fused-ring (bicyclic) bond motifs is 1. The standard InChI is InChI=1S/C23H26ClF3N2O3S/c1-14(17-9-8-16-6-4-5-7-18(16)12-17)28-22(30)15(2)29(33(3,31)32)19-10-11-21(24)20(13-19)23(25,26)27/h8-15H,4-7H2,1-3H3,(H,28,30)/t14-,15+/m1/s1. The molecule has 0 aliphatic heterocycles. The molecule has 0 saturated heterocycles. The van der Waals surface area contributed by atoms with Gasteiger partial charge in [0.05, 0.1) is 28.6 Å². The second-order valence-electron chi connectivity index (χ2n) is 8.36. The second kappa shape index (κ2) is 9.54. The van der Waals surface area contributed by atoms with Gasteiger partial charge in [0, 0.05) is 0 Å². The summed E-state index contributed by atoms with van der Waals surface area (Å²) in [5, 5.41) is 2.23. The summed E-state index contributed by atoms with van der Waals surface area (Å²) in [7, 11) is -4.09. The summed E-state index contributed by atoms with van der Waals surface area (Å²) >= 11 is 5.66. The first kappa shape index (κ1) is 25.4. The van der Waals surface area contributed by atoms with Crippen molar-refractivity contribution in [3.63, 3.8) is 0 Å². The maximum Gasteiger partial charge on any atom is 0.417 e. The molecule has 0 aromatic heterocycles. The van der Waals surface area contributed by atoms with Gasteiger partial charge in [0.25, 0.3) is 0 Å². The van der Waals surface area contributed by atoms with E-state index in [-0.39, 0.29) is 5.69 Å². The van der Waals surface area contributed by atoms with Crippen molar-refractivity contribution in [2.75, 3.05) is 10.6 Å². The summed E-state index contributed by atoms with van der Waals surface area (Å²) in [4.78, 5) is 13.0. The summed E-state index contributed by atoms with van der Waals surface area (Å²) < 4.78 is 65.5. The molecule has 1 aliphatic carbocycles. The molecule has 5 nitrogen and oxygen atoms in total. The maximum atomic E-state index is 13.3. The Morgan fingerprint density at radius 3 is 2.30 bits per heavy atom. The van der Waals surface area contributed by atoms with Crippen LogP contribution in [0.1, 0.15) is 55.0 Å². The molecule has 0 radical (unpaired) electrons. The van der Waals surface area contributed by atoms with Gasteiger partial charge in [-0.3, -0.25) is 9.10 Å². The Morgan fingerprint density at radius 1 is 1.06 bits per heavy atom. The summed E-state index contributed by atoms with van der Waals surface area (Å²) in [6, 6.07) is 7.08. The maximum absolute atomic E-state index is 13.3. The molecule has 33 heavy (non-hydrogen) atoms. The van der Waals surface area contributed by atoms with E-state index in [1.54, 1.807) is 6.92 Å². The zero-order valence-electron chi connectivity index (χ0n) is 18.5. The lowest BCUT2D eigenvalue weighted by atomic mass is 9.89. The molecular formula is C23H26ClF3N2O3S. The van der Waals surface area contributed by atoms with Crippen molar-refractivity contribution in [2.45, 2.75) is 57.8 Å².